The van der Waals surface area contributed by atoms with Gasteiger partial charge < -0.3 is 23.8 Å². The quantitative estimate of drug-likeness (QED) is 0.167. The Hall–Kier alpha value is -4.80. The largest absolute Gasteiger partial charge is 0.509 e. The molecule has 0 saturated carbocycles. The first kappa shape index (κ1) is 29.9. The molecule has 0 saturated heterocycles. The van der Waals surface area contributed by atoms with Crippen LogP contribution in [-0.2, 0) is 26.5 Å². The maximum atomic E-state index is 6.46. The molecule has 8 rings (SSSR count). The fraction of sp³-hybridized carbons (Fsp3) is 0.154. The first-order valence-corrected chi connectivity index (χ1v) is 15.2. The third-order valence-electron chi connectivity index (χ3n) is 8.65. The minimum Gasteiger partial charge on any atom is -0.509 e. The van der Waals surface area contributed by atoms with Gasteiger partial charge in [0.2, 0.25) is 0 Å². The Morgan fingerprint density at radius 1 is 0.804 bits per heavy atom. The van der Waals surface area contributed by atoms with Gasteiger partial charge >= 0.3 is 0 Å². The van der Waals surface area contributed by atoms with Crippen LogP contribution in [0, 0.1) is 32.6 Å². The van der Waals surface area contributed by atoms with Crippen molar-refractivity contribution in [3.05, 3.63) is 133 Å². The molecule has 0 fully saturated rings. The summed E-state index contributed by atoms with van der Waals surface area (Å²) in [4.78, 5) is 11.8. The van der Waals surface area contributed by atoms with E-state index in [2.05, 4.69) is 121 Å². The summed E-state index contributed by atoms with van der Waals surface area (Å²) in [6, 6.07) is 38.1. The number of hydrogen-bond acceptors (Lipinski definition) is 4. The van der Waals surface area contributed by atoms with Crippen LogP contribution in [0.3, 0.4) is 0 Å². The van der Waals surface area contributed by atoms with Crippen LogP contribution in [0.1, 0.15) is 37.7 Å². The maximum Gasteiger partial charge on any atom is 0.135 e. The molecule has 0 atom stereocenters. The maximum absolute atomic E-state index is 6.46. The van der Waals surface area contributed by atoms with Crippen LogP contribution in [0.2, 0.25) is 0 Å². The zero-order chi connectivity index (χ0) is 30.9. The van der Waals surface area contributed by atoms with Gasteiger partial charge in [0.15, 0.2) is 0 Å². The Bertz CT molecular complexity index is 2260. The zero-order valence-electron chi connectivity index (χ0n) is 26.3. The molecule has 0 unspecified atom stereocenters. The summed E-state index contributed by atoms with van der Waals surface area (Å²) < 4.78 is 10.8. The van der Waals surface area contributed by atoms with Crippen molar-refractivity contribution in [2.24, 2.45) is 0 Å². The van der Waals surface area contributed by atoms with Gasteiger partial charge in [-0.2, -0.15) is 12.1 Å². The van der Waals surface area contributed by atoms with E-state index in [1.807, 2.05) is 43.5 Å². The number of fused-ring (bicyclic) bond motifs is 6. The number of aryl methyl sites for hydroxylation is 1. The predicted octanol–water partition coefficient (Wildman–Crippen LogP) is 9.47. The minimum atomic E-state index is -0.00145. The molecule has 232 valence electrons. The Morgan fingerprint density at radius 3 is 2.43 bits per heavy atom. The molecule has 0 spiro atoms. The molecule has 7 aromatic rings. The molecular weight excluding hydrogens is 750 g/mol. The molecule has 6 nitrogen and oxygen atoms in total. The van der Waals surface area contributed by atoms with Gasteiger partial charge in [0.1, 0.15) is 5.82 Å². The van der Waals surface area contributed by atoms with Crippen LogP contribution in [0.4, 0.5) is 11.4 Å². The molecule has 4 aromatic carbocycles. The summed E-state index contributed by atoms with van der Waals surface area (Å²) in [6.45, 7) is 12.9. The second-order valence-corrected chi connectivity index (χ2v) is 12.6. The van der Waals surface area contributed by atoms with E-state index in [-0.39, 0.29) is 26.5 Å². The Kier molecular flexibility index (Phi) is 7.29. The third kappa shape index (κ3) is 4.89. The first-order chi connectivity index (χ1) is 21.8. The van der Waals surface area contributed by atoms with E-state index in [1.54, 1.807) is 0 Å². The van der Waals surface area contributed by atoms with Crippen molar-refractivity contribution in [2.45, 2.75) is 40.0 Å². The number of ether oxygens (including phenoxy) is 1. The summed E-state index contributed by atoms with van der Waals surface area (Å²) in [5.41, 5.74) is 8.34. The molecule has 3 aromatic heterocycles. The summed E-state index contributed by atoms with van der Waals surface area (Å²) >= 11 is 0. The van der Waals surface area contributed by atoms with Gasteiger partial charge in [-0.25, -0.2) is 4.98 Å². The number of anilines is 2. The smallest absolute Gasteiger partial charge is 0.135 e. The van der Waals surface area contributed by atoms with Crippen molar-refractivity contribution < 1.29 is 25.8 Å². The van der Waals surface area contributed by atoms with Gasteiger partial charge in [0, 0.05) is 55.8 Å². The van der Waals surface area contributed by atoms with Gasteiger partial charge in [-0.05, 0) is 65.5 Å². The molecule has 0 aliphatic carbocycles. The summed E-state index contributed by atoms with van der Waals surface area (Å²) in [6.07, 6.45) is 1.89. The molecule has 4 heterocycles. The van der Waals surface area contributed by atoms with Crippen molar-refractivity contribution >= 4 is 33.2 Å². The van der Waals surface area contributed by atoms with Gasteiger partial charge in [0.05, 0.1) is 0 Å². The van der Waals surface area contributed by atoms with Crippen molar-refractivity contribution in [3.63, 3.8) is 0 Å². The van der Waals surface area contributed by atoms with E-state index in [9.17, 15) is 0 Å². The van der Waals surface area contributed by atoms with E-state index in [0.717, 1.165) is 61.8 Å². The van der Waals surface area contributed by atoms with Gasteiger partial charge in [-0.3, -0.25) is 0 Å². The van der Waals surface area contributed by atoms with Crippen LogP contribution in [0.5, 0.6) is 11.5 Å². The van der Waals surface area contributed by atoms with Gasteiger partial charge in [0.25, 0.3) is 0 Å². The average molecular weight is 782 g/mol. The van der Waals surface area contributed by atoms with Crippen molar-refractivity contribution in [1.82, 2.24) is 19.1 Å². The minimum absolute atomic E-state index is 0. The standard InChI is InChI=1S/C39H32N5O.Pt/c1-25-26(2)42-24-43(34-15-8-7-14-33(34)38(42)41-25)28-11-10-12-29(22-28)45-30-17-18-32-31-13-6-9-16-35(31)44(36(32)23-30)37-21-27(19-20-40-37)39(3,4)5;/h6-21,24H,1-5H3;/q-3;. The topological polar surface area (TPSA) is 48.1 Å². The molecule has 7 heteroatoms. The SMILES string of the molecule is Cc1nc2n(c1C)[CH-]N(c1[c-]c(Oc3[c-]c4c(cc3)c3ccccc3n4-c3cc(C(C)(C)C)ccn3)ccc1)c1ccccc1-2.[Pt]. The summed E-state index contributed by atoms with van der Waals surface area (Å²) in [7, 11) is 0. The Labute approximate surface area is 283 Å². The van der Waals surface area contributed by atoms with Crippen molar-refractivity contribution in [1.29, 1.82) is 0 Å². The number of hydrogen-bond donors (Lipinski definition) is 0. The molecule has 0 radical (unpaired) electrons. The molecule has 0 amide bonds. The van der Waals surface area contributed by atoms with Crippen LogP contribution in [-0.4, -0.2) is 19.1 Å². The predicted molar refractivity (Wildman–Crippen MR) is 180 cm³/mol. The number of rotatable bonds is 4. The molecule has 1 aliphatic heterocycles. The number of benzene rings is 4. The van der Waals surface area contributed by atoms with E-state index in [0.29, 0.717) is 11.5 Å². The number of nitrogens with zero attached hydrogens (tertiary/aromatic N) is 5. The molecule has 1 aliphatic rings. The Morgan fingerprint density at radius 2 is 1.59 bits per heavy atom. The molecular formula is C39H32N5OPt-3. The molecule has 0 N–H and O–H groups in total. The van der Waals surface area contributed by atoms with E-state index < -0.39 is 0 Å². The number of pyridine rings is 1. The van der Waals surface area contributed by atoms with E-state index >= 15 is 0 Å². The van der Waals surface area contributed by atoms with Crippen LogP contribution >= 0.6 is 0 Å². The van der Waals surface area contributed by atoms with Crippen molar-refractivity contribution in [2.75, 3.05) is 4.90 Å². The van der Waals surface area contributed by atoms with E-state index in [4.69, 9.17) is 14.7 Å². The zero-order valence-corrected chi connectivity index (χ0v) is 28.5. The van der Waals surface area contributed by atoms with E-state index in [1.165, 1.54) is 5.56 Å². The fourth-order valence-electron chi connectivity index (χ4n) is 6.13. The monoisotopic (exact) mass is 781 g/mol. The summed E-state index contributed by atoms with van der Waals surface area (Å²) in [5, 5.41) is 2.25. The normalized spacial score (nSPS) is 12.4. The van der Waals surface area contributed by atoms with Crippen LogP contribution < -0.4 is 9.64 Å². The number of imidazole rings is 1. The molecule has 46 heavy (non-hydrogen) atoms. The van der Waals surface area contributed by atoms with Gasteiger partial charge in [-0.15, -0.1) is 35.7 Å². The third-order valence-corrected chi connectivity index (χ3v) is 8.65. The fourth-order valence-corrected chi connectivity index (χ4v) is 6.13. The van der Waals surface area contributed by atoms with Gasteiger partial charge in [-0.1, -0.05) is 81.0 Å². The Balaban J connectivity index is 0.00000338. The van der Waals surface area contributed by atoms with Crippen LogP contribution in [0.15, 0.2) is 97.2 Å². The van der Waals surface area contributed by atoms with Crippen molar-refractivity contribution in [3.8, 4) is 28.7 Å². The number of aromatic nitrogens is 4. The van der Waals surface area contributed by atoms with Crippen LogP contribution in [0.25, 0.3) is 39.0 Å². The average Bonchev–Trinajstić information content (AvgIpc) is 3.53. The second kappa shape index (κ2) is 11.2. The molecule has 0 bridgehead atoms. The second-order valence-electron chi connectivity index (χ2n) is 12.6. The first-order valence-electron chi connectivity index (χ1n) is 15.2. The number of para-hydroxylation sites is 2. The summed E-state index contributed by atoms with van der Waals surface area (Å²) in [5.74, 6) is 3.02.